The lowest BCUT2D eigenvalue weighted by Crippen LogP contribution is -1.97. The van der Waals surface area contributed by atoms with Gasteiger partial charge < -0.3 is 4.74 Å². The van der Waals surface area contributed by atoms with Crippen LogP contribution >= 0.6 is 11.3 Å². The molecule has 0 saturated carbocycles. The molecule has 8 nitrogen and oxygen atoms in total. The van der Waals surface area contributed by atoms with Gasteiger partial charge in [0, 0.05) is 24.2 Å². The molecule has 0 amide bonds. The molecule has 0 bridgehead atoms. The van der Waals surface area contributed by atoms with Gasteiger partial charge in [-0.05, 0) is 34.7 Å². The van der Waals surface area contributed by atoms with E-state index in [1.54, 1.807) is 33.2 Å². The van der Waals surface area contributed by atoms with Crippen LogP contribution in [0.25, 0.3) is 16.3 Å². The average Bonchev–Trinajstić information content (AvgIpc) is 3.35. The van der Waals surface area contributed by atoms with E-state index in [1.165, 1.54) is 0 Å². The van der Waals surface area contributed by atoms with E-state index in [4.69, 9.17) is 4.74 Å². The third-order valence-electron chi connectivity index (χ3n) is 3.34. The van der Waals surface area contributed by atoms with Crippen LogP contribution in [0.3, 0.4) is 0 Å². The molecule has 1 aromatic carbocycles. The number of ether oxygens (including phenoxy) is 1. The van der Waals surface area contributed by atoms with Crippen LogP contribution in [0.5, 0.6) is 5.75 Å². The van der Waals surface area contributed by atoms with Crippen molar-refractivity contribution < 1.29 is 4.74 Å². The van der Waals surface area contributed by atoms with Crippen LogP contribution in [0.2, 0.25) is 0 Å². The van der Waals surface area contributed by atoms with Crippen LogP contribution < -0.4 is 4.74 Å². The van der Waals surface area contributed by atoms with Gasteiger partial charge in [0.05, 0.1) is 17.6 Å². The Hall–Kier alpha value is -3.07. The highest BCUT2D eigenvalue weighted by Crippen LogP contribution is 2.24. The van der Waals surface area contributed by atoms with Gasteiger partial charge in [0.2, 0.25) is 0 Å². The Morgan fingerprint density at radius 2 is 2.08 bits per heavy atom. The summed E-state index contributed by atoms with van der Waals surface area (Å²) in [4.78, 5) is 4.58. The fourth-order valence-corrected chi connectivity index (χ4v) is 2.95. The standard InChI is InChI=1S/C15H13N7OS/c1-21-7-11(6-17-21)15-18-12(9-24-15)8-23-14-4-2-13(3-5-14)22-10-16-19-20-22/h2-7,9-10H,8H2,1H3. The molecule has 3 aromatic heterocycles. The molecule has 3 heterocycles. The molecule has 24 heavy (non-hydrogen) atoms. The molecule has 0 fully saturated rings. The lowest BCUT2D eigenvalue weighted by molar-refractivity contribution is 0.302. The van der Waals surface area contributed by atoms with Gasteiger partial charge in [0.25, 0.3) is 0 Å². The molecule has 0 atom stereocenters. The van der Waals surface area contributed by atoms with Gasteiger partial charge in [-0.15, -0.1) is 16.4 Å². The number of rotatable bonds is 5. The number of nitrogens with zero attached hydrogens (tertiary/aromatic N) is 7. The maximum Gasteiger partial charge on any atom is 0.143 e. The van der Waals surface area contributed by atoms with Gasteiger partial charge >= 0.3 is 0 Å². The van der Waals surface area contributed by atoms with Crippen LogP contribution in [-0.2, 0) is 13.7 Å². The normalized spacial score (nSPS) is 10.9. The van der Waals surface area contributed by atoms with E-state index in [9.17, 15) is 0 Å². The zero-order valence-corrected chi connectivity index (χ0v) is 13.6. The van der Waals surface area contributed by atoms with Crippen molar-refractivity contribution in [2.45, 2.75) is 6.61 Å². The maximum absolute atomic E-state index is 5.78. The lowest BCUT2D eigenvalue weighted by Gasteiger charge is -2.05. The van der Waals surface area contributed by atoms with E-state index < -0.39 is 0 Å². The van der Waals surface area contributed by atoms with Crippen molar-refractivity contribution in [3.05, 3.63) is 54.1 Å². The van der Waals surface area contributed by atoms with Gasteiger partial charge in [-0.1, -0.05) is 0 Å². The van der Waals surface area contributed by atoms with Crippen LogP contribution in [0.15, 0.2) is 48.4 Å². The summed E-state index contributed by atoms with van der Waals surface area (Å²) in [6.07, 6.45) is 5.30. The van der Waals surface area contributed by atoms with Crippen molar-refractivity contribution in [3.63, 3.8) is 0 Å². The van der Waals surface area contributed by atoms with Crippen molar-refractivity contribution >= 4 is 11.3 Å². The van der Waals surface area contributed by atoms with E-state index >= 15 is 0 Å². The summed E-state index contributed by atoms with van der Waals surface area (Å²) in [5, 5.41) is 18.2. The maximum atomic E-state index is 5.78. The summed E-state index contributed by atoms with van der Waals surface area (Å²) in [5.41, 5.74) is 2.78. The van der Waals surface area contributed by atoms with Gasteiger partial charge in [0.15, 0.2) is 0 Å². The molecule has 0 saturated heterocycles. The number of tetrazole rings is 1. The van der Waals surface area contributed by atoms with E-state index in [1.807, 2.05) is 42.9 Å². The summed E-state index contributed by atoms with van der Waals surface area (Å²) in [6.45, 7) is 0.418. The number of hydrogen-bond acceptors (Lipinski definition) is 7. The first-order valence-corrected chi connectivity index (χ1v) is 8.05. The minimum atomic E-state index is 0.418. The number of aromatic nitrogens is 7. The van der Waals surface area contributed by atoms with Gasteiger partial charge in [-0.2, -0.15) is 5.10 Å². The Bertz CT molecular complexity index is 927. The van der Waals surface area contributed by atoms with Gasteiger partial charge in [-0.3, -0.25) is 4.68 Å². The summed E-state index contributed by atoms with van der Waals surface area (Å²) >= 11 is 1.58. The minimum Gasteiger partial charge on any atom is -0.487 e. The highest BCUT2D eigenvalue weighted by atomic mass is 32.1. The molecular formula is C15H13N7OS. The zero-order chi connectivity index (χ0) is 16.4. The second kappa shape index (κ2) is 6.20. The summed E-state index contributed by atoms with van der Waals surface area (Å²) in [5.74, 6) is 0.766. The van der Waals surface area contributed by atoms with Crippen LogP contribution in [-0.4, -0.2) is 35.0 Å². The Balaban J connectivity index is 1.41. The molecule has 0 radical (unpaired) electrons. The first kappa shape index (κ1) is 14.5. The topological polar surface area (TPSA) is 83.5 Å². The van der Waals surface area contributed by atoms with E-state index in [-0.39, 0.29) is 0 Å². The lowest BCUT2D eigenvalue weighted by atomic mass is 10.3. The smallest absolute Gasteiger partial charge is 0.143 e. The van der Waals surface area contributed by atoms with Crippen LogP contribution in [0.4, 0.5) is 0 Å². The monoisotopic (exact) mass is 339 g/mol. The number of aryl methyl sites for hydroxylation is 1. The SMILES string of the molecule is Cn1cc(-c2nc(COc3ccc(-n4cnnn4)cc3)cs2)cn1. The Kier molecular flexibility index (Phi) is 3.75. The fraction of sp³-hybridized carbons (Fsp3) is 0.133. The molecule has 9 heteroatoms. The molecule has 0 aliphatic carbocycles. The largest absolute Gasteiger partial charge is 0.487 e. The van der Waals surface area contributed by atoms with Gasteiger partial charge in [0.1, 0.15) is 23.7 Å². The predicted octanol–water partition coefficient (Wildman–Crippen LogP) is 2.10. The third-order valence-corrected chi connectivity index (χ3v) is 4.28. The van der Waals surface area contributed by atoms with E-state index in [2.05, 4.69) is 25.6 Å². The third kappa shape index (κ3) is 3.01. The molecular weight excluding hydrogens is 326 g/mol. The van der Waals surface area contributed by atoms with E-state index in [0.717, 1.165) is 27.7 Å². The highest BCUT2D eigenvalue weighted by Gasteiger charge is 2.07. The second-order valence-corrected chi connectivity index (χ2v) is 5.94. The Morgan fingerprint density at radius 1 is 1.21 bits per heavy atom. The quantitative estimate of drug-likeness (QED) is 0.554. The fourth-order valence-electron chi connectivity index (χ4n) is 2.17. The summed E-state index contributed by atoms with van der Waals surface area (Å²) in [6, 6.07) is 7.55. The molecule has 4 rings (SSSR count). The molecule has 120 valence electrons. The number of hydrogen-bond donors (Lipinski definition) is 0. The van der Waals surface area contributed by atoms with Crippen molar-refractivity contribution in [1.82, 2.24) is 35.0 Å². The summed E-state index contributed by atoms with van der Waals surface area (Å²) < 4.78 is 9.13. The van der Waals surface area contributed by atoms with Gasteiger partial charge in [-0.25, -0.2) is 9.67 Å². The Labute approximate surface area is 141 Å². The molecule has 0 spiro atoms. The molecule has 0 aliphatic rings. The van der Waals surface area contributed by atoms with Crippen molar-refractivity contribution in [1.29, 1.82) is 0 Å². The first-order chi connectivity index (χ1) is 11.8. The predicted molar refractivity (Wildman–Crippen MR) is 87.8 cm³/mol. The van der Waals surface area contributed by atoms with E-state index in [0.29, 0.717) is 6.61 Å². The zero-order valence-electron chi connectivity index (χ0n) is 12.8. The van der Waals surface area contributed by atoms with Crippen LogP contribution in [0, 0.1) is 0 Å². The molecule has 0 unspecified atom stereocenters. The number of thiazole rings is 1. The molecule has 0 N–H and O–H groups in total. The molecule has 0 aliphatic heterocycles. The second-order valence-electron chi connectivity index (χ2n) is 5.08. The van der Waals surface area contributed by atoms with Crippen LogP contribution in [0.1, 0.15) is 5.69 Å². The van der Waals surface area contributed by atoms with Crippen molar-refractivity contribution in [3.8, 4) is 22.0 Å². The molecule has 4 aromatic rings. The minimum absolute atomic E-state index is 0.418. The average molecular weight is 339 g/mol. The summed E-state index contributed by atoms with van der Waals surface area (Å²) in [7, 11) is 1.89. The first-order valence-electron chi connectivity index (χ1n) is 7.17. The number of benzene rings is 1. The Morgan fingerprint density at radius 3 is 2.79 bits per heavy atom. The highest BCUT2D eigenvalue weighted by molar-refractivity contribution is 7.13. The van der Waals surface area contributed by atoms with Crippen molar-refractivity contribution in [2.75, 3.05) is 0 Å². The van der Waals surface area contributed by atoms with Crippen molar-refractivity contribution in [2.24, 2.45) is 7.05 Å².